The number of benzene rings is 2. The number of thiocarbonyl (C=S) groups is 1. The van der Waals surface area contributed by atoms with Crippen molar-refractivity contribution >= 4 is 73.1 Å². The van der Waals surface area contributed by atoms with Gasteiger partial charge in [-0.05, 0) is 54.5 Å². The molecule has 0 spiro atoms. The Morgan fingerprint density at radius 1 is 1.21 bits per heavy atom. The smallest absolute Gasteiger partial charge is 0.179 e. The van der Waals surface area contributed by atoms with Crippen molar-refractivity contribution in [1.29, 1.82) is 0 Å². The van der Waals surface area contributed by atoms with Gasteiger partial charge < -0.3 is 15.2 Å². The highest BCUT2D eigenvalue weighted by atomic mass is 32.2. The molecule has 0 bridgehead atoms. The second-order valence-corrected chi connectivity index (χ2v) is 11.0. The molecular formula is C24H24N6S3. The number of thiophene rings is 1. The molecule has 4 heterocycles. The number of likely N-dealkylation sites (N-methyl/N-ethyl adjacent to an activating group) is 1. The highest BCUT2D eigenvalue weighted by Gasteiger charge is 2.38. The monoisotopic (exact) mass is 492 g/mol. The Kier molecular flexibility index (Phi) is 5.57. The van der Waals surface area contributed by atoms with Crippen LogP contribution in [0.15, 0.2) is 59.9 Å². The van der Waals surface area contributed by atoms with Gasteiger partial charge in [-0.1, -0.05) is 25.1 Å². The van der Waals surface area contributed by atoms with E-state index in [2.05, 4.69) is 80.5 Å². The molecule has 6 nitrogen and oxygen atoms in total. The van der Waals surface area contributed by atoms with Crippen LogP contribution in [0.25, 0.3) is 21.1 Å². The second-order valence-electron chi connectivity index (χ2n) is 8.23. The molecule has 2 N–H and O–H groups in total. The summed E-state index contributed by atoms with van der Waals surface area (Å²) >= 11 is 9.61. The summed E-state index contributed by atoms with van der Waals surface area (Å²) in [5.41, 5.74) is 2.96. The lowest BCUT2D eigenvalue weighted by molar-refractivity contribution is 0.300. The summed E-state index contributed by atoms with van der Waals surface area (Å²) in [6.45, 7) is 5.38. The Labute approximate surface area is 206 Å². The van der Waals surface area contributed by atoms with Crippen LogP contribution in [0.3, 0.4) is 0 Å². The first-order valence-electron chi connectivity index (χ1n) is 11.1. The van der Waals surface area contributed by atoms with E-state index in [0.717, 1.165) is 47.9 Å². The van der Waals surface area contributed by atoms with E-state index >= 15 is 0 Å². The summed E-state index contributed by atoms with van der Waals surface area (Å²) in [5, 5.41) is 5.61. The van der Waals surface area contributed by atoms with Crippen molar-refractivity contribution in [3.63, 3.8) is 0 Å². The van der Waals surface area contributed by atoms with Crippen molar-refractivity contribution in [2.45, 2.75) is 18.3 Å². The Morgan fingerprint density at radius 2 is 2.12 bits per heavy atom. The standard InChI is InChI=1S/C24H24N6S3/c1-2-29-9-10-32-21(13-29)27-23-22(20-11-15-5-3-4-6-19(15)33-20)30(24(31)28-23)16-7-8-17-18(12-16)26-14-25-17/h3-8,11-12,14,21-22H,2,9-10,13H2,1H3,(H,25,26)(H,27,28,31). The van der Waals surface area contributed by atoms with Crippen LogP contribution >= 0.6 is 35.3 Å². The molecule has 2 atom stereocenters. The number of hydrogen-bond donors (Lipinski definition) is 2. The third kappa shape index (κ3) is 3.93. The lowest BCUT2D eigenvalue weighted by Crippen LogP contribution is -2.38. The minimum atomic E-state index is -0.0797. The Hall–Kier alpha value is -2.46. The third-order valence-corrected chi connectivity index (χ3v) is 8.76. The van der Waals surface area contributed by atoms with Crippen LogP contribution in [-0.4, -0.2) is 56.6 Å². The summed E-state index contributed by atoms with van der Waals surface area (Å²) in [5.74, 6) is 2.04. The number of thioether (sulfide) groups is 1. The number of aromatic nitrogens is 2. The SMILES string of the molecule is CCN1CCSC(N=C2NC(=S)N(c3ccc4[nH]cnc4c3)C2c2cc3ccccc3s2)C1. The highest BCUT2D eigenvalue weighted by Crippen LogP contribution is 2.39. The van der Waals surface area contributed by atoms with Gasteiger partial charge in [0.15, 0.2) is 5.11 Å². The molecule has 6 rings (SSSR count). The molecule has 2 aliphatic rings. The zero-order chi connectivity index (χ0) is 22.4. The fourth-order valence-electron chi connectivity index (χ4n) is 4.52. The zero-order valence-electron chi connectivity index (χ0n) is 18.2. The van der Waals surface area contributed by atoms with E-state index in [4.69, 9.17) is 17.2 Å². The van der Waals surface area contributed by atoms with E-state index in [1.165, 1.54) is 15.0 Å². The molecule has 2 aromatic carbocycles. The van der Waals surface area contributed by atoms with E-state index in [1.54, 1.807) is 6.33 Å². The first-order chi connectivity index (χ1) is 16.2. The number of aromatic amines is 1. The van der Waals surface area contributed by atoms with Gasteiger partial charge in [0.25, 0.3) is 0 Å². The minimum Gasteiger partial charge on any atom is -0.345 e. The van der Waals surface area contributed by atoms with Crippen LogP contribution in [0, 0.1) is 0 Å². The summed E-state index contributed by atoms with van der Waals surface area (Å²) < 4.78 is 1.27. The molecule has 0 saturated carbocycles. The lowest BCUT2D eigenvalue weighted by atomic mass is 10.1. The van der Waals surface area contributed by atoms with Gasteiger partial charge >= 0.3 is 0 Å². The first-order valence-corrected chi connectivity index (χ1v) is 13.4. The number of anilines is 1. The van der Waals surface area contributed by atoms with Crippen molar-refractivity contribution in [1.82, 2.24) is 20.2 Å². The van der Waals surface area contributed by atoms with Crippen LogP contribution in [0.2, 0.25) is 0 Å². The number of imidazole rings is 1. The van der Waals surface area contributed by atoms with Gasteiger partial charge in [0.1, 0.15) is 17.3 Å². The molecule has 2 aromatic heterocycles. The molecule has 2 saturated heterocycles. The molecule has 0 amide bonds. The average Bonchev–Trinajstić information content (AvgIpc) is 3.55. The molecule has 2 unspecified atom stereocenters. The maximum Gasteiger partial charge on any atom is 0.179 e. The fourth-order valence-corrected chi connectivity index (χ4v) is 7.13. The van der Waals surface area contributed by atoms with Crippen molar-refractivity contribution in [3.05, 3.63) is 59.7 Å². The van der Waals surface area contributed by atoms with Gasteiger partial charge in [-0.15, -0.1) is 23.1 Å². The van der Waals surface area contributed by atoms with E-state index in [-0.39, 0.29) is 11.4 Å². The third-order valence-electron chi connectivity index (χ3n) is 6.23. The predicted molar refractivity (Wildman–Crippen MR) is 145 cm³/mol. The van der Waals surface area contributed by atoms with E-state index in [0.29, 0.717) is 5.11 Å². The maximum atomic E-state index is 5.87. The number of H-pyrrole nitrogens is 1. The molecule has 33 heavy (non-hydrogen) atoms. The first kappa shape index (κ1) is 21.1. The fraction of sp³-hybridized carbons (Fsp3) is 0.292. The summed E-state index contributed by atoms with van der Waals surface area (Å²) in [6.07, 6.45) is 1.73. The number of nitrogens with zero attached hydrogens (tertiary/aromatic N) is 4. The average molecular weight is 493 g/mol. The van der Waals surface area contributed by atoms with Crippen LogP contribution in [-0.2, 0) is 0 Å². The second kappa shape index (κ2) is 8.72. The summed E-state index contributed by atoms with van der Waals surface area (Å²) in [7, 11) is 0. The van der Waals surface area contributed by atoms with E-state index < -0.39 is 0 Å². The van der Waals surface area contributed by atoms with Gasteiger partial charge in [-0.25, -0.2) is 4.98 Å². The van der Waals surface area contributed by atoms with Crippen molar-refractivity contribution in [2.24, 2.45) is 4.99 Å². The van der Waals surface area contributed by atoms with Gasteiger partial charge in [-0.3, -0.25) is 9.89 Å². The number of nitrogens with one attached hydrogen (secondary N) is 2. The molecule has 9 heteroatoms. The van der Waals surface area contributed by atoms with Gasteiger partial charge in [0.2, 0.25) is 0 Å². The van der Waals surface area contributed by atoms with Gasteiger partial charge in [0, 0.05) is 34.1 Å². The van der Waals surface area contributed by atoms with Crippen LogP contribution < -0.4 is 10.2 Å². The number of aliphatic imine (C=N–C) groups is 1. The van der Waals surface area contributed by atoms with Crippen LogP contribution in [0.4, 0.5) is 5.69 Å². The minimum absolute atomic E-state index is 0.0797. The highest BCUT2D eigenvalue weighted by molar-refractivity contribution is 8.00. The molecule has 4 aromatic rings. The van der Waals surface area contributed by atoms with Gasteiger partial charge in [0.05, 0.1) is 17.4 Å². The molecule has 0 radical (unpaired) electrons. The topological polar surface area (TPSA) is 59.5 Å². The zero-order valence-corrected chi connectivity index (χ0v) is 20.6. The van der Waals surface area contributed by atoms with Crippen molar-refractivity contribution in [2.75, 3.05) is 30.3 Å². The normalized spacial score (nSPS) is 23.1. The van der Waals surface area contributed by atoms with Crippen LogP contribution in [0.5, 0.6) is 0 Å². The molecule has 2 aliphatic heterocycles. The Morgan fingerprint density at radius 3 is 3.00 bits per heavy atom. The van der Waals surface area contributed by atoms with Crippen molar-refractivity contribution in [3.8, 4) is 0 Å². The maximum absolute atomic E-state index is 5.87. The van der Waals surface area contributed by atoms with E-state index in [1.807, 2.05) is 23.1 Å². The molecular weight excluding hydrogens is 469 g/mol. The quantitative estimate of drug-likeness (QED) is 0.391. The van der Waals surface area contributed by atoms with Gasteiger partial charge in [-0.2, -0.15) is 0 Å². The number of rotatable bonds is 4. The molecule has 0 aliphatic carbocycles. The largest absolute Gasteiger partial charge is 0.345 e. The molecule has 2 fully saturated rings. The van der Waals surface area contributed by atoms with Crippen LogP contribution in [0.1, 0.15) is 17.8 Å². The predicted octanol–water partition coefficient (Wildman–Crippen LogP) is 5.01. The number of hydrogen-bond acceptors (Lipinski definition) is 6. The summed E-state index contributed by atoms with van der Waals surface area (Å²) in [4.78, 5) is 18.7. The molecule has 168 valence electrons. The summed E-state index contributed by atoms with van der Waals surface area (Å²) in [6, 6.07) is 17.0. The number of fused-ring (bicyclic) bond motifs is 2. The Balaban J connectivity index is 1.44. The number of amidine groups is 1. The van der Waals surface area contributed by atoms with E-state index in [9.17, 15) is 0 Å². The van der Waals surface area contributed by atoms with Crippen molar-refractivity contribution < 1.29 is 0 Å². The lowest BCUT2D eigenvalue weighted by Gasteiger charge is -2.30. The Bertz CT molecular complexity index is 1330.